The molecule has 0 saturated heterocycles. The zero-order valence-electron chi connectivity index (χ0n) is 12.3. The van der Waals surface area contributed by atoms with Crippen LogP contribution in [0.4, 0.5) is 11.4 Å². The molecule has 102 valence electrons. The minimum atomic E-state index is 0.344. The van der Waals surface area contributed by atoms with Crippen molar-refractivity contribution in [3.05, 3.63) is 45.6 Å². The molecule has 1 aromatic heterocycles. The first-order chi connectivity index (χ1) is 8.97. The van der Waals surface area contributed by atoms with Gasteiger partial charge in [-0.25, -0.2) is 0 Å². The monoisotopic (exact) mass is 274 g/mol. The van der Waals surface area contributed by atoms with Crippen LogP contribution >= 0.6 is 11.3 Å². The van der Waals surface area contributed by atoms with E-state index in [1.165, 1.54) is 26.7 Å². The molecule has 0 spiro atoms. The molecule has 0 aliphatic carbocycles. The summed E-state index contributed by atoms with van der Waals surface area (Å²) in [4.78, 5) is 4.89. The van der Waals surface area contributed by atoms with Gasteiger partial charge in [0.25, 0.3) is 0 Å². The molecule has 1 atom stereocenters. The molecule has 1 N–H and O–H groups in total. The first kappa shape index (κ1) is 13.9. The van der Waals surface area contributed by atoms with Crippen LogP contribution in [0.5, 0.6) is 0 Å². The number of benzene rings is 1. The number of hydrogen-bond donors (Lipinski definition) is 1. The number of nitrogens with one attached hydrogen (secondary N) is 1. The van der Waals surface area contributed by atoms with E-state index in [0.29, 0.717) is 6.04 Å². The Kier molecular flexibility index (Phi) is 4.15. The van der Waals surface area contributed by atoms with Crippen molar-refractivity contribution in [3.63, 3.8) is 0 Å². The summed E-state index contributed by atoms with van der Waals surface area (Å²) in [5.41, 5.74) is 3.74. The van der Waals surface area contributed by atoms with Crippen molar-refractivity contribution < 1.29 is 0 Å². The summed E-state index contributed by atoms with van der Waals surface area (Å²) in [6.07, 6.45) is 0. The molecule has 1 aromatic carbocycles. The molecular weight excluding hydrogens is 252 g/mol. The van der Waals surface area contributed by atoms with Gasteiger partial charge in [0, 0.05) is 35.2 Å². The first-order valence-electron chi connectivity index (χ1n) is 6.58. The fourth-order valence-corrected chi connectivity index (χ4v) is 3.07. The predicted molar refractivity (Wildman–Crippen MR) is 86.6 cm³/mol. The Morgan fingerprint density at radius 2 is 1.84 bits per heavy atom. The molecule has 3 heteroatoms. The summed E-state index contributed by atoms with van der Waals surface area (Å²) in [6.45, 7) is 6.50. The highest BCUT2D eigenvalue weighted by Crippen LogP contribution is 2.28. The van der Waals surface area contributed by atoms with Crippen molar-refractivity contribution in [2.75, 3.05) is 24.3 Å². The molecule has 2 aromatic rings. The van der Waals surface area contributed by atoms with Crippen molar-refractivity contribution in [1.82, 2.24) is 0 Å². The summed E-state index contributed by atoms with van der Waals surface area (Å²) in [6, 6.07) is 11.3. The number of hydrogen-bond acceptors (Lipinski definition) is 3. The van der Waals surface area contributed by atoms with Crippen molar-refractivity contribution in [1.29, 1.82) is 0 Å². The van der Waals surface area contributed by atoms with E-state index in [4.69, 9.17) is 0 Å². The molecule has 0 fully saturated rings. The predicted octanol–water partition coefficient (Wildman–Crippen LogP) is 4.60. The Labute approximate surface area is 120 Å². The van der Waals surface area contributed by atoms with Crippen LogP contribution in [0.3, 0.4) is 0 Å². The third-order valence-electron chi connectivity index (χ3n) is 3.26. The summed E-state index contributed by atoms with van der Waals surface area (Å²) in [5.74, 6) is 0. The second-order valence-corrected chi connectivity index (χ2v) is 6.53. The van der Waals surface area contributed by atoms with Crippen LogP contribution < -0.4 is 10.2 Å². The molecule has 0 aliphatic rings. The molecule has 1 heterocycles. The van der Waals surface area contributed by atoms with Gasteiger partial charge < -0.3 is 10.2 Å². The van der Waals surface area contributed by atoms with Gasteiger partial charge in [-0.1, -0.05) is 6.07 Å². The highest BCUT2D eigenvalue weighted by Gasteiger charge is 2.09. The molecule has 2 nitrogen and oxygen atoms in total. The fraction of sp³-hybridized carbons (Fsp3) is 0.375. The quantitative estimate of drug-likeness (QED) is 0.876. The lowest BCUT2D eigenvalue weighted by Crippen LogP contribution is -2.11. The van der Waals surface area contributed by atoms with Crippen molar-refractivity contribution in [2.24, 2.45) is 0 Å². The zero-order chi connectivity index (χ0) is 14.0. The van der Waals surface area contributed by atoms with Crippen molar-refractivity contribution in [2.45, 2.75) is 26.8 Å². The minimum Gasteiger partial charge on any atom is -0.378 e. The molecule has 19 heavy (non-hydrogen) atoms. The lowest BCUT2D eigenvalue weighted by Gasteiger charge is -2.19. The summed E-state index contributed by atoms with van der Waals surface area (Å²) in [7, 11) is 4.16. The van der Waals surface area contributed by atoms with Gasteiger partial charge in [-0.05, 0) is 50.6 Å². The van der Waals surface area contributed by atoms with Gasteiger partial charge in [-0.2, -0.15) is 0 Å². The highest BCUT2D eigenvalue weighted by atomic mass is 32.1. The summed E-state index contributed by atoms with van der Waals surface area (Å²) in [5, 5.41) is 3.58. The van der Waals surface area contributed by atoms with E-state index >= 15 is 0 Å². The Hall–Kier alpha value is -1.48. The maximum Gasteiger partial charge on any atom is 0.0578 e. The van der Waals surface area contributed by atoms with E-state index in [9.17, 15) is 0 Å². The van der Waals surface area contributed by atoms with Gasteiger partial charge in [0.05, 0.1) is 6.04 Å². The van der Waals surface area contributed by atoms with Crippen LogP contribution in [0.1, 0.15) is 28.3 Å². The number of anilines is 2. The highest BCUT2D eigenvalue weighted by molar-refractivity contribution is 7.12. The lowest BCUT2D eigenvalue weighted by atomic mass is 10.1. The number of aryl methyl sites for hydroxylation is 2. The van der Waals surface area contributed by atoms with E-state index in [-0.39, 0.29) is 0 Å². The Morgan fingerprint density at radius 1 is 1.11 bits per heavy atom. The lowest BCUT2D eigenvalue weighted by molar-refractivity contribution is 0.907. The molecule has 0 radical (unpaired) electrons. The molecule has 0 saturated carbocycles. The van der Waals surface area contributed by atoms with Gasteiger partial charge in [0.2, 0.25) is 0 Å². The molecule has 1 unspecified atom stereocenters. The third kappa shape index (κ3) is 3.29. The average molecular weight is 274 g/mol. The topological polar surface area (TPSA) is 15.3 Å². The smallest absolute Gasteiger partial charge is 0.0578 e. The van der Waals surface area contributed by atoms with E-state index in [1.54, 1.807) is 0 Å². The van der Waals surface area contributed by atoms with Gasteiger partial charge in [-0.3, -0.25) is 0 Å². The molecular formula is C16H22N2S. The third-order valence-corrected chi connectivity index (χ3v) is 4.45. The van der Waals surface area contributed by atoms with Crippen LogP contribution in [0, 0.1) is 13.8 Å². The van der Waals surface area contributed by atoms with E-state index in [0.717, 1.165) is 0 Å². The fourth-order valence-electron chi connectivity index (χ4n) is 2.19. The van der Waals surface area contributed by atoms with Crippen LogP contribution in [-0.2, 0) is 0 Å². The molecule has 0 bridgehead atoms. The Bertz CT molecular complexity index is 558. The number of nitrogens with zero attached hydrogens (tertiary/aromatic N) is 1. The molecule has 2 rings (SSSR count). The summed E-state index contributed by atoms with van der Waals surface area (Å²) < 4.78 is 0. The van der Waals surface area contributed by atoms with E-state index < -0.39 is 0 Å². The number of thiophene rings is 1. The zero-order valence-corrected chi connectivity index (χ0v) is 13.1. The van der Waals surface area contributed by atoms with E-state index in [2.05, 4.69) is 75.4 Å². The van der Waals surface area contributed by atoms with Gasteiger partial charge in [-0.15, -0.1) is 11.3 Å². The standard InChI is InChI=1S/C16H22N2S/c1-11-6-8-14(10-15(11)18(4)5)17-13(3)16-9-7-12(2)19-16/h6-10,13,17H,1-5H3. The van der Waals surface area contributed by atoms with Crippen LogP contribution in [-0.4, -0.2) is 14.1 Å². The SMILES string of the molecule is Cc1ccc(C(C)Nc2ccc(C)c(N(C)C)c2)s1. The Balaban J connectivity index is 2.17. The van der Waals surface area contributed by atoms with Crippen LogP contribution in [0.15, 0.2) is 30.3 Å². The molecule has 0 amide bonds. The maximum atomic E-state index is 3.58. The normalized spacial score (nSPS) is 12.3. The second kappa shape index (κ2) is 5.66. The molecule has 0 aliphatic heterocycles. The first-order valence-corrected chi connectivity index (χ1v) is 7.40. The number of rotatable bonds is 4. The van der Waals surface area contributed by atoms with Crippen LogP contribution in [0.25, 0.3) is 0 Å². The summed E-state index contributed by atoms with van der Waals surface area (Å²) >= 11 is 1.86. The van der Waals surface area contributed by atoms with Gasteiger partial charge >= 0.3 is 0 Å². The Morgan fingerprint density at radius 3 is 2.42 bits per heavy atom. The van der Waals surface area contributed by atoms with Crippen LogP contribution in [0.2, 0.25) is 0 Å². The second-order valence-electron chi connectivity index (χ2n) is 5.21. The van der Waals surface area contributed by atoms with Gasteiger partial charge in [0.1, 0.15) is 0 Å². The van der Waals surface area contributed by atoms with E-state index in [1.807, 2.05) is 11.3 Å². The van der Waals surface area contributed by atoms with Crippen molar-refractivity contribution >= 4 is 22.7 Å². The largest absolute Gasteiger partial charge is 0.378 e. The van der Waals surface area contributed by atoms with Crippen molar-refractivity contribution in [3.8, 4) is 0 Å². The van der Waals surface area contributed by atoms with Gasteiger partial charge in [0.15, 0.2) is 0 Å². The average Bonchev–Trinajstić information content (AvgIpc) is 2.78. The minimum absolute atomic E-state index is 0.344. The maximum absolute atomic E-state index is 3.58.